The second kappa shape index (κ2) is 3.57. The zero-order chi connectivity index (χ0) is 12.1. The number of amides is 2. The van der Waals surface area contributed by atoms with E-state index in [-0.39, 0.29) is 6.03 Å². The van der Waals surface area contributed by atoms with E-state index in [1.165, 1.54) is 14.1 Å². The Morgan fingerprint density at radius 2 is 1.94 bits per heavy atom. The van der Waals surface area contributed by atoms with E-state index in [0.717, 1.165) is 6.42 Å². The van der Waals surface area contributed by atoms with Gasteiger partial charge in [0.25, 0.3) is 10.2 Å². The highest BCUT2D eigenvalue weighted by atomic mass is 32.2. The maximum Gasteiger partial charge on any atom is 0.322 e. The van der Waals surface area contributed by atoms with Gasteiger partial charge in [-0.1, -0.05) is 6.92 Å². The Kier molecular flexibility index (Phi) is 2.59. The number of hydrogen-bond acceptors (Lipinski definition) is 3. The van der Waals surface area contributed by atoms with Crippen molar-refractivity contribution < 1.29 is 13.2 Å². The molecule has 2 fully saturated rings. The number of nitrogens with zero attached hydrogens (tertiary/aromatic N) is 3. The predicted octanol–water partition coefficient (Wildman–Crippen LogP) is -0.804. The van der Waals surface area contributed by atoms with E-state index in [1.54, 1.807) is 14.1 Å². The van der Waals surface area contributed by atoms with Gasteiger partial charge in [0.05, 0.1) is 0 Å². The van der Waals surface area contributed by atoms with E-state index in [0.29, 0.717) is 6.54 Å². The van der Waals surface area contributed by atoms with Gasteiger partial charge < -0.3 is 9.80 Å². The Morgan fingerprint density at radius 3 is 2.50 bits per heavy atom. The maximum absolute atomic E-state index is 11.8. The molecule has 92 valence electrons. The van der Waals surface area contributed by atoms with Crippen molar-refractivity contribution in [1.82, 2.24) is 18.8 Å². The summed E-state index contributed by atoms with van der Waals surface area (Å²) in [4.78, 5) is 14.5. The molecule has 16 heavy (non-hydrogen) atoms. The van der Waals surface area contributed by atoms with Gasteiger partial charge in [0.1, 0.15) is 12.3 Å². The molecule has 0 unspecified atom stereocenters. The smallest absolute Gasteiger partial charge is 0.308 e. The molecule has 7 nitrogen and oxygen atoms in total. The van der Waals surface area contributed by atoms with Crippen molar-refractivity contribution in [1.29, 1.82) is 0 Å². The van der Waals surface area contributed by atoms with Crippen molar-refractivity contribution in [2.45, 2.75) is 25.7 Å². The lowest BCUT2D eigenvalue weighted by atomic mass is 10.3. The topological polar surface area (TPSA) is 73.0 Å². The van der Waals surface area contributed by atoms with Crippen LogP contribution in [0.4, 0.5) is 4.79 Å². The van der Waals surface area contributed by atoms with Crippen molar-refractivity contribution in [3.63, 3.8) is 0 Å². The number of likely N-dealkylation sites (N-methyl/N-ethyl adjacent to an activating group) is 2. The van der Waals surface area contributed by atoms with Crippen molar-refractivity contribution in [3.8, 4) is 0 Å². The molecule has 2 aliphatic heterocycles. The monoisotopic (exact) mass is 248 g/mol. The summed E-state index contributed by atoms with van der Waals surface area (Å²) in [5.41, 5.74) is 0. The predicted molar refractivity (Wildman–Crippen MR) is 57.6 cm³/mol. The lowest BCUT2D eigenvalue weighted by Crippen LogP contribution is -2.44. The number of urea groups is 1. The second-order valence-electron chi connectivity index (χ2n) is 4.10. The largest absolute Gasteiger partial charge is 0.322 e. The molecular formula is C8H16N4O3S. The third kappa shape index (κ3) is 1.40. The third-order valence-electron chi connectivity index (χ3n) is 3.02. The Labute approximate surface area is 95.2 Å². The van der Waals surface area contributed by atoms with Gasteiger partial charge in [-0.15, -0.1) is 0 Å². The van der Waals surface area contributed by atoms with Crippen LogP contribution in [0.25, 0.3) is 0 Å². The average Bonchev–Trinajstić information content (AvgIpc) is 2.58. The van der Waals surface area contributed by atoms with Gasteiger partial charge >= 0.3 is 6.03 Å². The van der Waals surface area contributed by atoms with E-state index in [2.05, 4.69) is 4.72 Å². The Bertz CT molecular complexity index is 410. The lowest BCUT2D eigenvalue weighted by Gasteiger charge is -2.24. The van der Waals surface area contributed by atoms with E-state index < -0.39 is 22.5 Å². The van der Waals surface area contributed by atoms with Crippen LogP contribution in [0.5, 0.6) is 0 Å². The molecule has 1 N–H and O–H groups in total. The van der Waals surface area contributed by atoms with Crippen LogP contribution in [0, 0.1) is 0 Å². The molecular weight excluding hydrogens is 232 g/mol. The molecule has 0 aromatic rings. The fourth-order valence-electron chi connectivity index (χ4n) is 2.22. The normalized spacial score (nSPS) is 33.6. The minimum atomic E-state index is -3.45. The molecule has 0 spiro atoms. The van der Waals surface area contributed by atoms with Gasteiger partial charge in [-0.2, -0.15) is 17.4 Å². The molecule has 2 aliphatic rings. The van der Waals surface area contributed by atoms with E-state index in [1.807, 2.05) is 6.92 Å². The van der Waals surface area contributed by atoms with Crippen LogP contribution in [-0.4, -0.2) is 61.5 Å². The Balaban J connectivity index is 2.36. The molecule has 2 atom stereocenters. The number of nitrogens with one attached hydrogen (secondary N) is 1. The highest BCUT2D eigenvalue weighted by Crippen LogP contribution is 2.29. The van der Waals surface area contributed by atoms with Gasteiger partial charge in [0.2, 0.25) is 0 Å². The van der Waals surface area contributed by atoms with Gasteiger partial charge in [-0.25, -0.2) is 4.79 Å². The zero-order valence-corrected chi connectivity index (χ0v) is 10.4. The lowest BCUT2D eigenvalue weighted by molar-refractivity contribution is 0.174. The van der Waals surface area contributed by atoms with E-state index in [9.17, 15) is 13.2 Å². The average molecular weight is 248 g/mol. The molecule has 0 aromatic heterocycles. The van der Waals surface area contributed by atoms with Crippen LogP contribution in [0.2, 0.25) is 0 Å². The quantitative estimate of drug-likeness (QED) is 0.695. The van der Waals surface area contributed by atoms with Gasteiger partial charge in [0.15, 0.2) is 0 Å². The molecule has 0 aromatic carbocycles. The summed E-state index contributed by atoms with van der Waals surface area (Å²) in [7, 11) is -0.232. The van der Waals surface area contributed by atoms with Crippen LogP contribution in [0.3, 0.4) is 0 Å². The van der Waals surface area contributed by atoms with Crippen LogP contribution in [0.1, 0.15) is 13.3 Å². The highest BCUT2D eigenvalue weighted by molar-refractivity contribution is 7.87. The van der Waals surface area contributed by atoms with Crippen LogP contribution < -0.4 is 4.72 Å². The summed E-state index contributed by atoms with van der Waals surface area (Å²) in [6.45, 7) is 2.32. The van der Waals surface area contributed by atoms with Crippen molar-refractivity contribution in [2.24, 2.45) is 0 Å². The van der Waals surface area contributed by atoms with Gasteiger partial charge in [-0.3, -0.25) is 0 Å². The number of hydrogen-bond donors (Lipinski definition) is 1. The van der Waals surface area contributed by atoms with Crippen LogP contribution >= 0.6 is 0 Å². The second-order valence-corrected chi connectivity index (χ2v) is 5.75. The molecule has 0 aliphatic carbocycles. The number of carbonyl (C=O) groups excluding carboxylic acids is 1. The first-order chi connectivity index (χ1) is 7.40. The fourth-order valence-corrected chi connectivity index (χ4v) is 3.90. The number of carbonyl (C=O) groups is 1. The summed E-state index contributed by atoms with van der Waals surface area (Å²) in [5, 5.41) is 0. The number of rotatable bonds is 2. The standard InChI is InChI=1S/C8H16N4O3S/c1-4-5-12-7-6(9-16(12,14)15)10(2)8(13)11(7)3/h6-7,9H,4-5H2,1-3H3/t6-,7+/m0/s1. The zero-order valence-electron chi connectivity index (χ0n) is 9.54. The molecule has 2 heterocycles. The van der Waals surface area contributed by atoms with Crippen molar-refractivity contribution in [2.75, 3.05) is 20.6 Å². The van der Waals surface area contributed by atoms with Crippen molar-refractivity contribution >= 4 is 16.2 Å². The van der Waals surface area contributed by atoms with Gasteiger partial charge in [0, 0.05) is 20.6 Å². The summed E-state index contributed by atoms with van der Waals surface area (Å²) >= 11 is 0. The first-order valence-electron chi connectivity index (χ1n) is 5.19. The van der Waals surface area contributed by atoms with Gasteiger partial charge in [-0.05, 0) is 6.42 Å². The van der Waals surface area contributed by atoms with E-state index in [4.69, 9.17) is 0 Å². The molecule has 2 rings (SSSR count). The molecule has 8 heteroatoms. The summed E-state index contributed by atoms with van der Waals surface area (Å²) in [6.07, 6.45) is -0.188. The summed E-state index contributed by atoms with van der Waals surface area (Å²) in [5.74, 6) is 0. The first-order valence-corrected chi connectivity index (χ1v) is 6.63. The van der Waals surface area contributed by atoms with E-state index >= 15 is 0 Å². The molecule has 0 radical (unpaired) electrons. The van der Waals surface area contributed by atoms with Crippen LogP contribution in [-0.2, 0) is 10.2 Å². The molecule has 2 saturated heterocycles. The minimum Gasteiger partial charge on any atom is -0.308 e. The Morgan fingerprint density at radius 1 is 1.31 bits per heavy atom. The molecule has 2 amide bonds. The SMILES string of the molecule is CCCN1[C@@H]2[C@@H](NS1(=O)=O)N(C)C(=O)N2C. The number of fused-ring (bicyclic) bond motifs is 1. The molecule has 0 saturated carbocycles. The van der Waals surface area contributed by atoms with Crippen molar-refractivity contribution in [3.05, 3.63) is 0 Å². The fraction of sp³-hybridized carbons (Fsp3) is 0.875. The molecule has 0 bridgehead atoms. The minimum absolute atomic E-state index is 0.168. The third-order valence-corrected chi connectivity index (χ3v) is 4.57. The van der Waals surface area contributed by atoms with Crippen LogP contribution in [0.15, 0.2) is 0 Å². The Hall–Kier alpha value is -0.860. The highest BCUT2D eigenvalue weighted by Gasteiger charge is 2.55. The maximum atomic E-state index is 11.8. The summed E-state index contributed by atoms with van der Waals surface area (Å²) < 4.78 is 27.5. The summed E-state index contributed by atoms with van der Waals surface area (Å²) in [6, 6.07) is -0.168. The first kappa shape index (κ1) is 11.6.